The fourth-order valence-corrected chi connectivity index (χ4v) is 6.89. The quantitative estimate of drug-likeness (QED) is 0.543. The normalized spacial score (nSPS) is 15.9. The molecule has 80 valence electrons. The number of aliphatic hydroxyl groups is 2. The van der Waals surface area contributed by atoms with E-state index in [9.17, 15) is 10.2 Å². The highest BCUT2D eigenvalue weighted by Crippen LogP contribution is 2.17. The zero-order valence-corrected chi connectivity index (χ0v) is 11.4. The molecule has 5 heteroatoms. The minimum atomic E-state index is -1.88. The van der Waals surface area contributed by atoms with Gasteiger partial charge in [-0.15, -0.1) is 0 Å². The predicted molar refractivity (Wildman–Crippen MR) is 59.5 cm³/mol. The van der Waals surface area contributed by atoms with Crippen molar-refractivity contribution in [3.8, 4) is 0 Å². The molecule has 1 atom stereocenters. The summed E-state index contributed by atoms with van der Waals surface area (Å²) in [6.07, 6.45) is 1.20. The summed E-state index contributed by atoms with van der Waals surface area (Å²) >= 11 is 0. The van der Waals surface area contributed by atoms with Gasteiger partial charge in [-0.2, -0.15) is 0 Å². The first-order valence-corrected chi connectivity index (χ1v) is 10.4. The third kappa shape index (κ3) is 5.59. The molecule has 0 fully saturated rings. The van der Waals surface area contributed by atoms with Gasteiger partial charge >= 0.3 is 0 Å². The fraction of sp³-hybridized carbons (Fsp3) is 1.00. The van der Waals surface area contributed by atoms with E-state index >= 15 is 0 Å². The lowest BCUT2D eigenvalue weighted by Crippen LogP contribution is -2.50. The van der Waals surface area contributed by atoms with Crippen LogP contribution in [0.25, 0.3) is 0 Å². The van der Waals surface area contributed by atoms with Crippen molar-refractivity contribution in [1.29, 1.82) is 0 Å². The molecule has 0 aromatic rings. The summed E-state index contributed by atoms with van der Waals surface area (Å²) in [5.74, 6) is 0. The van der Waals surface area contributed by atoms with Gasteiger partial charge in [-0.05, 0) is 32.6 Å². The summed E-state index contributed by atoms with van der Waals surface area (Å²) in [4.78, 5) is 0. The van der Waals surface area contributed by atoms with Crippen molar-refractivity contribution in [2.75, 3.05) is 0 Å². The molecule has 0 saturated heterocycles. The molecule has 0 aliphatic carbocycles. The third-order valence-corrected chi connectivity index (χ3v) is 7.63. The molecule has 0 aliphatic heterocycles. The molecule has 0 aliphatic rings. The minimum absolute atomic E-state index is 0.421. The molecule has 0 amide bonds. The summed E-state index contributed by atoms with van der Waals surface area (Å²) in [7, 11) is -3.50. The molecule has 0 rings (SSSR count). The van der Waals surface area contributed by atoms with E-state index in [0.29, 0.717) is 6.42 Å². The number of hydrogen-bond acceptors (Lipinski definition) is 3. The van der Waals surface area contributed by atoms with Crippen molar-refractivity contribution in [3.63, 3.8) is 0 Å². The van der Waals surface area contributed by atoms with E-state index in [2.05, 4.69) is 19.6 Å². The lowest BCUT2D eigenvalue weighted by molar-refractivity contribution is -0.105. The molecule has 13 heavy (non-hydrogen) atoms. The first-order valence-electron chi connectivity index (χ1n) is 4.81. The van der Waals surface area contributed by atoms with Crippen LogP contribution in [0.4, 0.5) is 0 Å². The van der Waals surface area contributed by atoms with Gasteiger partial charge in [-0.3, -0.25) is 0 Å². The second-order valence-corrected chi connectivity index (χ2v) is 11.9. The SMILES string of the molecule is CCCC(O)(O)[SiH](C)O[Si](C)(C)C. The van der Waals surface area contributed by atoms with Crippen molar-refractivity contribution in [1.82, 2.24) is 0 Å². The van der Waals surface area contributed by atoms with Gasteiger partial charge in [-0.1, -0.05) is 13.3 Å². The molecule has 0 spiro atoms. The lowest BCUT2D eigenvalue weighted by atomic mass is 10.3. The Hall–Kier alpha value is 0.314. The van der Waals surface area contributed by atoms with Crippen LogP contribution in [0.15, 0.2) is 0 Å². The van der Waals surface area contributed by atoms with Gasteiger partial charge in [-0.25, -0.2) is 0 Å². The molecule has 0 radical (unpaired) electrons. The van der Waals surface area contributed by atoms with Crippen LogP contribution in [-0.4, -0.2) is 33.0 Å². The van der Waals surface area contributed by atoms with E-state index < -0.39 is 22.8 Å². The summed E-state index contributed by atoms with van der Waals surface area (Å²) in [5, 5.41) is 19.3. The molecular weight excluding hydrogens is 200 g/mol. The van der Waals surface area contributed by atoms with Crippen molar-refractivity contribution < 1.29 is 14.3 Å². The van der Waals surface area contributed by atoms with Gasteiger partial charge in [0.1, 0.15) is 0 Å². The van der Waals surface area contributed by atoms with Gasteiger partial charge in [0.15, 0.2) is 13.7 Å². The highest BCUT2D eigenvalue weighted by atomic mass is 28.4. The average molecular weight is 222 g/mol. The van der Waals surface area contributed by atoms with E-state index in [1.165, 1.54) is 0 Å². The van der Waals surface area contributed by atoms with Crippen LogP contribution in [0.2, 0.25) is 26.2 Å². The highest BCUT2D eigenvalue weighted by molar-refractivity contribution is 6.77. The van der Waals surface area contributed by atoms with Crippen LogP contribution in [0.3, 0.4) is 0 Å². The molecule has 0 aromatic carbocycles. The Morgan fingerprint density at radius 2 is 1.77 bits per heavy atom. The highest BCUT2D eigenvalue weighted by Gasteiger charge is 2.35. The third-order valence-electron chi connectivity index (χ3n) is 1.80. The van der Waals surface area contributed by atoms with E-state index in [4.69, 9.17) is 4.12 Å². The van der Waals surface area contributed by atoms with Crippen molar-refractivity contribution in [2.45, 2.75) is 51.4 Å². The zero-order valence-electron chi connectivity index (χ0n) is 9.29. The molecule has 0 heterocycles. The first kappa shape index (κ1) is 13.3. The van der Waals surface area contributed by atoms with Crippen LogP contribution in [0, 0.1) is 0 Å². The minimum Gasteiger partial charge on any atom is -0.454 e. The van der Waals surface area contributed by atoms with Crippen LogP contribution < -0.4 is 0 Å². The largest absolute Gasteiger partial charge is 0.454 e. The molecule has 0 saturated carbocycles. The van der Waals surface area contributed by atoms with Gasteiger partial charge in [0.2, 0.25) is 9.04 Å². The summed E-state index contributed by atoms with van der Waals surface area (Å²) in [6, 6.07) is 0. The monoisotopic (exact) mass is 222 g/mol. The second-order valence-electron chi connectivity index (χ2n) is 4.50. The molecule has 0 aromatic heterocycles. The van der Waals surface area contributed by atoms with Gasteiger partial charge in [0.05, 0.1) is 0 Å². The predicted octanol–water partition coefficient (Wildman–Crippen LogP) is 1.21. The second kappa shape index (κ2) is 4.70. The van der Waals surface area contributed by atoms with Gasteiger partial charge in [0, 0.05) is 0 Å². The van der Waals surface area contributed by atoms with E-state index in [0.717, 1.165) is 6.42 Å². The Morgan fingerprint density at radius 1 is 1.31 bits per heavy atom. The van der Waals surface area contributed by atoms with Crippen LogP contribution >= 0.6 is 0 Å². The first-order chi connectivity index (χ1) is 5.69. The Labute approximate surface area is 83.6 Å². The lowest BCUT2D eigenvalue weighted by Gasteiger charge is -2.32. The topological polar surface area (TPSA) is 49.7 Å². The molecule has 2 N–H and O–H groups in total. The van der Waals surface area contributed by atoms with Crippen LogP contribution in [0.1, 0.15) is 19.8 Å². The maximum Gasteiger partial charge on any atom is 0.227 e. The van der Waals surface area contributed by atoms with Crippen molar-refractivity contribution in [3.05, 3.63) is 0 Å². The van der Waals surface area contributed by atoms with Crippen LogP contribution in [-0.2, 0) is 4.12 Å². The number of rotatable bonds is 5. The fourth-order valence-electron chi connectivity index (χ4n) is 1.20. The maximum atomic E-state index is 9.66. The van der Waals surface area contributed by atoms with Crippen LogP contribution in [0.5, 0.6) is 0 Å². The number of hydrogen-bond donors (Lipinski definition) is 2. The Balaban J connectivity index is 4.16. The standard InChI is InChI=1S/C8H22O3Si2/c1-6-7-8(9,10)12(2)11-13(3,4)5/h9-10,12H,6-7H2,1-5H3. The summed E-state index contributed by atoms with van der Waals surface area (Å²) in [5.41, 5.74) is -1.53. The Kier molecular flexibility index (Phi) is 4.81. The maximum absolute atomic E-state index is 9.66. The molecule has 3 nitrogen and oxygen atoms in total. The summed E-state index contributed by atoms with van der Waals surface area (Å²) < 4.78 is 5.73. The van der Waals surface area contributed by atoms with E-state index in [1.54, 1.807) is 0 Å². The average Bonchev–Trinajstić information content (AvgIpc) is 1.82. The van der Waals surface area contributed by atoms with E-state index in [-0.39, 0.29) is 0 Å². The molecule has 1 unspecified atom stereocenters. The Bertz CT molecular complexity index is 154. The Morgan fingerprint density at radius 3 is 2.08 bits per heavy atom. The van der Waals surface area contributed by atoms with Gasteiger partial charge < -0.3 is 14.3 Å². The van der Waals surface area contributed by atoms with Gasteiger partial charge in [0.25, 0.3) is 0 Å². The smallest absolute Gasteiger partial charge is 0.227 e. The van der Waals surface area contributed by atoms with E-state index in [1.807, 2.05) is 13.5 Å². The molecular formula is C8H22O3Si2. The van der Waals surface area contributed by atoms with Crippen molar-refractivity contribution in [2.24, 2.45) is 0 Å². The zero-order chi connectivity index (χ0) is 10.7. The summed E-state index contributed by atoms with van der Waals surface area (Å²) in [6.45, 7) is 10.0. The molecule has 0 bridgehead atoms. The van der Waals surface area contributed by atoms with Crippen molar-refractivity contribution >= 4 is 17.4 Å².